The van der Waals surface area contributed by atoms with Crippen molar-refractivity contribution in [2.75, 3.05) is 13.2 Å². The second kappa shape index (κ2) is 6.60. The molecular formula is C16H24O3. The maximum Gasteiger partial charge on any atom is 0.309 e. The molecule has 0 heterocycles. The molecule has 0 spiro atoms. The summed E-state index contributed by atoms with van der Waals surface area (Å²) in [6, 6.07) is 6.13. The standard InChI is InChI=1S/C16H24O3/c1-6-18-15(17)9-10-19-14-8-7-12(2)11-13(14)16(3,4)5/h7-8,11H,6,9-10H2,1-5H3. The predicted molar refractivity (Wildman–Crippen MR) is 76.6 cm³/mol. The monoisotopic (exact) mass is 264 g/mol. The van der Waals surface area contributed by atoms with Crippen molar-refractivity contribution < 1.29 is 14.3 Å². The molecular weight excluding hydrogens is 240 g/mol. The molecule has 0 aliphatic rings. The van der Waals surface area contributed by atoms with Gasteiger partial charge in [-0.15, -0.1) is 0 Å². The Morgan fingerprint density at radius 1 is 1.26 bits per heavy atom. The molecule has 0 saturated heterocycles. The van der Waals surface area contributed by atoms with Crippen LogP contribution in [0.25, 0.3) is 0 Å². The van der Waals surface area contributed by atoms with E-state index in [4.69, 9.17) is 9.47 Å². The van der Waals surface area contributed by atoms with Crippen LogP contribution in [0, 0.1) is 6.92 Å². The molecule has 0 N–H and O–H groups in total. The van der Waals surface area contributed by atoms with Crippen molar-refractivity contribution in [3.05, 3.63) is 29.3 Å². The Labute approximate surface area is 115 Å². The van der Waals surface area contributed by atoms with Gasteiger partial charge < -0.3 is 9.47 Å². The van der Waals surface area contributed by atoms with Gasteiger partial charge >= 0.3 is 5.97 Å². The number of rotatable bonds is 5. The summed E-state index contributed by atoms with van der Waals surface area (Å²) >= 11 is 0. The minimum atomic E-state index is -0.216. The van der Waals surface area contributed by atoms with Crippen LogP contribution in [0.4, 0.5) is 0 Å². The van der Waals surface area contributed by atoms with Gasteiger partial charge in [-0.25, -0.2) is 0 Å². The maximum absolute atomic E-state index is 11.3. The molecule has 0 aliphatic heterocycles. The highest BCUT2D eigenvalue weighted by Gasteiger charge is 2.19. The highest BCUT2D eigenvalue weighted by molar-refractivity contribution is 5.69. The highest BCUT2D eigenvalue weighted by Crippen LogP contribution is 2.32. The van der Waals surface area contributed by atoms with E-state index in [2.05, 4.69) is 33.8 Å². The Hall–Kier alpha value is -1.51. The normalized spacial score (nSPS) is 11.2. The number of aryl methyl sites for hydroxylation is 1. The molecule has 0 bridgehead atoms. The molecule has 0 aliphatic carbocycles. The highest BCUT2D eigenvalue weighted by atomic mass is 16.5. The zero-order chi connectivity index (χ0) is 14.5. The lowest BCUT2D eigenvalue weighted by molar-refractivity contribution is -0.143. The molecule has 1 aromatic carbocycles. The minimum absolute atomic E-state index is 0.0191. The van der Waals surface area contributed by atoms with E-state index in [1.807, 2.05) is 12.1 Å². The number of benzene rings is 1. The second-order valence-electron chi connectivity index (χ2n) is 5.65. The largest absolute Gasteiger partial charge is 0.493 e. The molecule has 0 unspecified atom stereocenters. The van der Waals surface area contributed by atoms with Gasteiger partial charge in [0.25, 0.3) is 0 Å². The predicted octanol–water partition coefficient (Wildman–Crippen LogP) is 3.62. The number of esters is 1. The first kappa shape index (κ1) is 15.5. The molecule has 0 fully saturated rings. The number of hydrogen-bond donors (Lipinski definition) is 0. The molecule has 106 valence electrons. The van der Waals surface area contributed by atoms with Crippen molar-refractivity contribution in [2.24, 2.45) is 0 Å². The summed E-state index contributed by atoms with van der Waals surface area (Å²) in [5, 5.41) is 0. The van der Waals surface area contributed by atoms with Gasteiger partial charge in [-0.2, -0.15) is 0 Å². The van der Waals surface area contributed by atoms with Crippen molar-refractivity contribution in [1.29, 1.82) is 0 Å². The lowest BCUT2D eigenvalue weighted by Gasteiger charge is -2.23. The molecule has 1 aromatic rings. The van der Waals surface area contributed by atoms with Crippen LogP contribution < -0.4 is 4.74 Å². The summed E-state index contributed by atoms with van der Waals surface area (Å²) in [5.41, 5.74) is 2.39. The fraction of sp³-hybridized carbons (Fsp3) is 0.562. The molecule has 1 rings (SSSR count). The Balaban J connectivity index is 2.71. The van der Waals surface area contributed by atoms with Crippen LogP contribution in [-0.4, -0.2) is 19.2 Å². The van der Waals surface area contributed by atoms with Gasteiger partial charge in [0, 0.05) is 0 Å². The smallest absolute Gasteiger partial charge is 0.309 e. The first-order valence-electron chi connectivity index (χ1n) is 6.74. The molecule has 3 nitrogen and oxygen atoms in total. The lowest BCUT2D eigenvalue weighted by Crippen LogP contribution is -2.15. The van der Waals surface area contributed by atoms with Crippen LogP contribution in [0.3, 0.4) is 0 Å². The zero-order valence-electron chi connectivity index (χ0n) is 12.6. The van der Waals surface area contributed by atoms with Gasteiger partial charge in [-0.05, 0) is 30.9 Å². The minimum Gasteiger partial charge on any atom is -0.493 e. The SMILES string of the molecule is CCOC(=O)CCOc1ccc(C)cc1C(C)(C)C. The van der Waals surface area contributed by atoms with Crippen LogP contribution in [0.2, 0.25) is 0 Å². The van der Waals surface area contributed by atoms with E-state index in [9.17, 15) is 4.79 Å². The molecule has 3 heteroatoms. The third-order valence-electron chi connectivity index (χ3n) is 2.81. The first-order valence-corrected chi connectivity index (χ1v) is 6.74. The fourth-order valence-corrected chi connectivity index (χ4v) is 1.83. The maximum atomic E-state index is 11.3. The topological polar surface area (TPSA) is 35.5 Å². The average Bonchev–Trinajstić information content (AvgIpc) is 2.30. The summed E-state index contributed by atoms with van der Waals surface area (Å²) < 4.78 is 10.6. The molecule has 0 saturated carbocycles. The Morgan fingerprint density at radius 3 is 2.53 bits per heavy atom. The van der Waals surface area contributed by atoms with E-state index in [0.717, 1.165) is 11.3 Å². The Bertz CT molecular complexity index is 430. The average molecular weight is 264 g/mol. The third-order valence-corrected chi connectivity index (χ3v) is 2.81. The molecule has 0 aromatic heterocycles. The van der Waals surface area contributed by atoms with E-state index < -0.39 is 0 Å². The summed E-state index contributed by atoms with van der Waals surface area (Å²) in [7, 11) is 0. The van der Waals surface area contributed by atoms with E-state index in [0.29, 0.717) is 13.2 Å². The van der Waals surface area contributed by atoms with Gasteiger partial charge in [0.15, 0.2) is 0 Å². The summed E-state index contributed by atoms with van der Waals surface area (Å²) in [4.78, 5) is 11.3. The van der Waals surface area contributed by atoms with Gasteiger partial charge in [0.05, 0.1) is 19.6 Å². The zero-order valence-corrected chi connectivity index (χ0v) is 12.6. The molecule has 0 amide bonds. The van der Waals surface area contributed by atoms with Crippen LogP contribution in [0.1, 0.15) is 45.2 Å². The van der Waals surface area contributed by atoms with Crippen LogP contribution in [0.5, 0.6) is 5.75 Å². The van der Waals surface area contributed by atoms with E-state index in [1.54, 1.807) is 6.92 Å². The van der Waals surface area contributed by atoms with Crippen molar-refractivity contribution in [2.45, 2.75) is 46.5 Å². The van der Waals surface area contributed by atoms with Crippen molar-refractivity contribution in [3.63, 3.8) is 0 Å². The molecule has 0 radical (unpaired) electrons. The molecule has 19 heavy (non-hydrogen) atoms. The Morgan fingerprint density at radius 2 is 1.95 bits per heavy atom. The number of ether oxygens (including phenoxy) is 2. The number of carbonyl (C=O) groups is 1. The number of carbonyl (C=O) groups excluding carboxylic acids is 1. The lowest BCUT2D eigenvalue weighted by atomic mass is 9.85. The van der Waals surface area contributed by atoms with Gasteiger partial charge in [0.1, 0.15) is 5.75 Å². The van der Waals surface area contributed by atoms with Crippen molar-refractivity contribution in [1.82, 2.24) is 0 Å². The Kier molecular flexibility index (Phi) is 5.40. The second-order valence-corrected chi connectivity index (χ2v) is 5.65. The first-order chi connectivity index (χ1) is 8.84. The van der Waals surface area contributed by atoms with Crippen molar-refractivity contribution >= 4 is 5.97 Å². The molecule has 0 atom stereocenters. The van der Waals surface area contributed by atoms with Crippen LogP contribution >= 0.6 is 0 Å². The fourth-order valence-electron chi connectivity index (χ4n) is 1.83. The van der Waals surface area contributed by atoms with Crippen LogP contribution in [0.15, 0.2) is 18.2 Å². The summed E-state index contributed by atoms with van der Waals surface area (Å²) in [6.45, 7) is 11.1. The van der Waals surface area contributed by atoms with Gasteiger partial charge in [-0.1, -0.05) is 38.5 Å². The summed E-state index contributed by atoms with van der Waals surface area (Å²) in [5.74, 6) is 0.634. The van der Waals surface area contributed by atoms with Crippen LogP contribution in [-0.2, 0) is 14.9 Å². The van der Waals surface area contributed by atoms with Crippen molar-refractivity contribution in [3.8, 4) is 5.75 Å². The van der Waals surface area contributed by atoms with E-state index in [-0.39, 0.29) is 17.8 Å². The third kappa shape index (κ3) is 4.93. The quantitative estimate of drug-likeness (QED) is 0.762. The number of hydrogen-bond acceptors (Lipinski definition) is 3. The summed E-state index contributed by atoms with van der Waals surface area (Å²) in [6.07, 6.45) is 0.283. The van der Waals surface area contributed by atoms with Gasteiger partial charge in [0.2, 0.25) is 0 Å². The van der Waals surface area contributed by atoms with E-state index in [1.165, 1.54) is 5.56 Å². The van der Waals surface area contributed by atoms with Gasteiger partial charge in [-0.3, -0.25) is 4.79 Å². The van der Waals surface area contributed by atoms with E-state index >= 15 is 0 Å².